The maximum atomic E-state index is 5.97. The third kappa shape index (κ3) is 3.52. The Bertz CT molecular complexity index is 540. The van der Waals surface area contributed by atoms with Gasteiger partial charge >= 0.3 is 0 Å². The third-order valence-corrected chi connectivity index (χ3v) is 2.80. The van der Waals surface area contributed by atoms with Gasteiger partial charge in [0.05, 0.1) is 5.69 Å². The predicted molar refractivity (Wildman–Crippen MR) is 73.8 cm³/mol. The number of nitrogens with zero attached hydrogens (tertiary/aromatic N) is 2. The van der Waals surface area contributed by atoms with Gasteiger partial charge in [0.25, 0.3) is 0 Å². The Morgan fingerprint density at radius 2 is 2.06 bits per heavy atom. The Morgan fingerprint density at radius 1 is 1.22 bits per heavy atom. The zero-order valence-electron chi connectivity index (χ0n) is 10.6. The van der Waals surface area contributed by atoms with Crippen molar-refractivity contribution in [1.29, 1.82) is 0 Å². The average molecular weight is 262 g/mol. The Hall–Kier alpha value is -1.45. The van der Waals surface area contributed by atoms with Crippen molar-refractivity contribution in [2.24, 2.45) is 0 Å². The van der Waals surface area contributed by atoms with Gasteiger partial charge in [-0.15, -0.1) is 0 Å². The van der Waals surface area contributed by atoms with Gasteiger partial charge in [0.15, 0.2) is 0 Å². The largest absolute Gasteiger partial charge is 0.314 e. The highest BCUT2D eigenvalue weighted by Crippen LogP contribution is 2.13. The maximum absolute atomic E-state index is 5.97. The quantitative estimate of drug-likeness (QED) is 0.920. The molecule has 0 saturated heterocycles. The van der Waals surface area contributed by atoms with Crippen molar-refractivity contribution in [3.63, 3.8) is 0 Å². The van der Waals surface area contributed by atoms with Crippen LogP contribution in [0.5, 0.6) is 0 Å². The van der Waals surface area contributed by atoms with Gasteiger partial charge in [-0.05, 0) is 37.7 Å². The number of rotatable bonds is 4. The van der Waals surface area contributed by atoms with Crippen LogP contribution in [0.1, 0.15) is 22.8 Å². The second-order valence-electron chi connectivity index (χ2n) is 4.25. The summed E-state index contributed by atoms with van der Waals surface area (Å²) in [5.74, 6) is 0.836. The van der Waals surface area contributed by atoms with Crippen molar-refractivity contribution >= 4 is 11.6 Å². The van der Waals surface area contributed by atoms with E-state index in [1.165, 1.54) is 0 Å². The van der Waals surface area contributed by atoms with Crippen LogP contribution in [0.25, 0.3) is 0 Å². The van der Waals surface area contributed by atoms with Crippen LogP contribution in [0, 0.1) is 6.92 Å². The molecule has 1 aromatic carbocycles. The van der Waals surface area contributed by atoms with E-state index >= 15 is 0 Å². The number of benzene rings is 1. The highest BCUT2D eigenvalue weighted by molar-refractivity contribution is 6.30. The molecule has 0 atom stereocenters. The molecular weight excluding hydrogens is 246 g/mol. The summed E-state index contributed by atoms with van der Waals surface area (Å²) in [4.78, 5) is 8.99. The highest BCUT2D eigenvalue weighted by Gasteiger charge is 2.04. The van der Waals surface area contributed by atoms with Gasteiger partial charge in [-0.3, -0.25) is 0 Å². The van der Waals surface area contributed by atoms with E-state index in [1.54, 1.807) is 0 Å². The third-order valence-electron chi connectivity index (χ3n) is 2.56. The summed E-state index contributed by atoms with van der Waals surface area (Å²) in [5, 5.41) is 3.85. The second-order valence-corrected chi connectivity index (χ2v) is 4.69. The Labute approximate surface area is 112 Å². The van der Waals surface area contributed by atoms with E-state index in [0.717, 1.165) is 34.3 Å². The Balaban J connectivity index is 2.23. The summed E-state index contributed by atoms with van der Waals surface area (Å²) >= 11 is 5.97. The molecule has 1 heterocycles. The summed E-state index contributed by atoms with van der Waals surface area (Å²) in [7, 11) is 1.91. The summed E-state index contributed by atoms with van der Waals surface area (Å²) in [6.45, 7) is 2.74. The number of halogens is 1. The molecule has 0 spiro atoms. The van der Waals surface area contributed by atoms with Crippen LogP contribution in [0.4, 0.5) is 0 Å². The van der Waals surface area contributed by atoms with Gasteiger partial charge in [0, 0.05) is 23.7 Å². The lowest BCUT2D eigenvalue weighted by Gasteiger charge is -2.06. The SMILES string of the molecule is CNCc1cc(C)nc(Cc2cccc(Cl)c2)n1. The molecule has 1 aromatic heterocycles. The fourth-order valence-electron chi connectivity index (χ4n) is 1.88. The first kappa shape index (κ1) is 13.0. The Kier molecular flexibility index (Phi) is 4.28. The van der Waals surface area contributed by atoms with E-state index in [1.807, 2.05) is 44.3 Å². The van der Waals surface area contributed by atoms with Crippen LogP contribution in [-0.2, 0) is 13.0 Å². The van der Waals surface area contributed by atoms with E-state index in [2.05, 4.69) is 15.3 Å². The molecule has 0 aliphatic heterocycles. The van der Waals surface area contributed by atoms with Crippen LogP contribution in [0.3, 0.4) is 0 Å². The zero-order chi connectivity index (χ0) is 13.0. The van der Waals surface area contributed by atoms with Crippen molar-refractivity contribution in [3.05, 3.63) is 58.1 Å². The minimum Gasteiger partial charge on any atom is -0.314 e. The van der Waals surface area contributed by atoms with Gasteiger partial charge in [0.2, 0.25) is 0 Å². The van der Waals surface area contributed by atoms with Crippen LogP contribution >= 0.6 is 11.6 Å². The Morgan fingerprint density at radius 3 is 2.78 bits per heavy atom. The van der Waals surface area contributed by atoms with Crippen molar-refractivity contribution in [2.45, 2.75) is 19.9 Å². The molecule has 94 valence electrons. The zero-order valence-corrected chi connectivity index (χ0v) is 11.3. The molecule has 0 fully saturated rings. The maximum Gasteiger partial charge on any atom is 0.133 e. The lowest BCUT2D eigenvalue weighted by molar-refractivity contribution is 0.767. The van der Waals surface area contributed by atoms with Crippen LogP contribution < -0.4 is 5.32 Å². The van der Waals surface area contributed by atoms with Crippen molar-refractivity contribution < 1.29 is 0 Å². The highest BCUT2D eigenvalue weighted by atomic mass is 35.5. The molecule has 2 rings (SSSR count). The molecule has 4 heteroatoms. The standard InChI is InChI=1S/C14H16ClN3/c1-10-6-13(9-16-2)18-14(17-10)8-11-4-3-5-12(15)7-11/h3-7,16H,8-9H2,1-2H3. The fraction of sp³-hybridized carbons (Fsp3) is 0.286. The first-order valence-corrected chi connectivity index (χ1v) is 6.27. The molecule has 18 heavy (non-hydrogen) atoms. The normalized spacial score (nSPS) is 10.6. The number of hydrogen-bond acceptors (Lipinski definition) is 3. The first-order valence-electron chi connectivity index (χ1n) is 5.90. The summed E-state index contributed by atoms with van der Waals surface area (Å²) < 4.78 is 0. The number of nitrogens with one attached hydrogen (secondary N) is 1. The van der Waals surface area contributed by atoms with Gasteiger partial charge in [0.1, 0.15) is 5.82 Å². The van der Waals surface area contributed by atoms with Gasteiger partial charge < -0.3 is 5.32 Å². The molecule has 0 unspecified atom stereocenters. The molecule has 2 aromatic rings. The van der Waals surface area contributed by atoms with Crippen LogP contribution in [0.15, 0.2) is 30.3 Å². The molecule has 3 nitrogen and oxygen atoms in total. The van der Waals surface area contributed by atoms with Crippen molar-refractivity contribution in [1.82, 2.24) is 15.3 Å². The molecular formula is C14H16ClN3. The van der Waals surface area contributed by atoms with Gasteiger partial charge in [-0.1, -0.05) is 23.7 Å². The molecule has 1 N–H and O–H groups in total. The number of hydrogen-bond donors (Lipinski definition) is 1. The van der Waals surface area contributed by atoms with Crippen molar-refractivity contribution in [2.75, 3.05) is 7.05 Å². The molecule has 0 saturated carbocycles. The van der Waals surface area contributed by atoms with Crippen LogP contribution in [-0.4, -0.2) is 17.0 Å². The van der Waals surface area contributed by atoms with Crippen molar-refractivity contribution in [3.8, 4) is 0 Å². The summed E-state index contributed by atoms with van der Waals surface area (Å²) in [5.41, 5.74) is 3.14. The van der Waals surface area contributed by atoms with E-state index in [9.17, 15) is 0 Å². The fourth-order valence-corrected chi connectivity index (χ4v) is 2.09. The molecule has 0 radical (unpaired) electrons. The predicted octanol–water partition coefficient (Wildman–Crippen LogP) is 2.75. The lowest BCUT2D eigenvalue weighted by Crippen LogP contribution is -2.10. The van der Waals surface area contributed by atoms with E-state index in [4.69, 9.17) is 11.6 Å². The second kappa shape index (κ2) is 5.94. The van der Waals surface area contributed by atoms with E-state index < -0.39 is 0 Å². The van der Waals surface area contributed by atoms with E-state index in [0.29, 0.717) is 6.42 Å². The van der Waals surface area contributed by atoms with E-state index in [-0.39, 0.29) is 0 Å². The van der Waals surface area contributed by atoms with Gasteiger partial charge in [-0.2, -0.15) is 0 Å². The molecule has 0 aliphatic rings. The smallest absolute Gasteiger partial charge is 0.133 e. The minimum atomic E-state index is 0.707. The molecule has 0 bridgehead atoms. The molecule has 0 aliphatic carbocycles. The van der Waals surface area contributed by atoms with Crippen LogP contribution in [0.2, 0.25) is 5.02 Å². The first-order chi connectivity index (χ1) is 8.67. The summed E-state index contributed by atoms with van der Waals surface area (Å²) in [6, 6.07) is 9.80. The topological polar surface area (TPSA) is 37.8 Å². The lowest BCUT2D eigenvalue weighted by atomic mass is 10.1. The average Bonchev–Trinajstić information content (AvgIpc) is 2.28. The number of aromatic nitrogens is 2. The number of aryl methyl sites for hydroxylation is 1. The molecule has 0 amide bonds. The van der Waals surface area contributed by atoms with Gasteiger partial charge in [-0.25, -0.2) is 9.97 Å². The summed E-state index contributed by atoms with van der Waals surface area (Å²) in [6.07, 6.45) is 0.707. The minimum absolute atomic E-state index is 0.707. The monoisotopic (exact) mass is 261 g/mol.